The van der Waals surface area contributed by atoms with Crippen molar-refractivity contribution in [1.29, 1.82) is 0 Å². The zero-order valence-corrected chi connectivity index (χ0v) is 15.0. The molecule has 4 rings (SSSR count). The van der Waals surface area contributed by atoms with Crippen molar-refractivity contribution in [2.24, 2.45) is 0 Å². The third-order valence-electron chi connectivity index (χ3n) is 4.26. The first-order valence-electron chi connectivity index (χ1n) is 8.31. The van der Waals surface area contributed by atoms with Gasteiger partial charge >= 0.3 is 5.97 Å². The number of aromatic nitrogens is 1. The maximum absolute atomic E-state index is 12.5. The molecule has 0 spiro atoms. The molecule has 1 aromatic heterocycles. The summed E-state index contributed by atoms with van der Waals surface area (Å²) < 4.78 is 10.6. The molecule has 1 aliphatic heterocycles. The number of amides is 2. The van der Waals surface area contributed by atoms with E-state index in [4.69, 9.17) is 14.0 Å². The summed E-state index contributed by atoms with van der Waals surface area (Å²) in [6, 6.07) is 13.1. The van der Waals surface area contributed by atoms with Gasteiger partial charge in [-0.2, -0.15) is 0 Å². The lowest BCUT2D eigenvalue weighted by molar-refractivity contribution is -0.0589. The van der Waals surface area contributed by atoms with Crippen LogP contribution in [0.2, 0.25) is 0 Å². The van der Waals surface area contributed by atoms with Crippen molar-refractivity contribution in [2.45, 2.75) is 6.92 Å². The molecule has 0 atom stereocenters. The van der Waals surface area contributed by atoms with Gasteiger partial charge in [0.2, 0.25) is 5.89 Å². The van der Waals surface area contributed by atoms with Crippen LogP contribution in [0.1, 0.15) is 37.0 Å². The molecule has 8 nitrogen and oxygen atoms in total. The molecule has 3 aromatic rings. The molecule has 0 saturated heterocycles. The molecular formula is C20H14N2O6. The number of fused-ring (bicyclic) bond motifs is 1. The Morgan fingerprint density at radius 1 is 1.00 bits per heavy atom. The molecule has 0 bridgehead atoms. The van der Waals surface area contributed by atoms with Crippen molar-refractivity contribution in [3.8, 4) is 17.2 Å². The van der Waals surface area contributed by atoms with Gasteiger partial charge in [0, 0.05) is 5.56 Å². The van der Waals surface area contributed by atoms with Gasteiger partial charge in [-0.1, -0.05) is 17.2 Å². The molecule has 1 aliphatic rings. The Kier molecular flexibility index (Phi) is 4.15. The average molecular weight is 378 g/mol. The van der Waals surface area contributed by atoms with Crippen LogP contribution in [0.25, 0.3) is 11.5 Å². The fourth-order valence-corrected chi connectivity index (χ4v) is 2.82. The summed E-state index contributed by atoms with van der Waals surface area (Å²) in [5.41, 5.74) is 0.859. The summed E-state index contributed by atoms with van der Waals surface area (Å²) >= 11 is 0. The van der Waals surface area contributed by atoms with Crippen LogP contribution in [0.5, 0.6) is 5.75 Å². The van der Waals surface area contributed by atoms with Crippen LogP contribution in [0.15, 0.2) is 52.9 Å². The summed E-state index contributed by atoms with van der Waals surface area (Å²) in [5.74, 6) is -1.30. The number of hydrogen-bond donors (Lipinski definition) is 0. The lowest BCUT2D eigenvalue weighted by Gasteiger charge is -2.11. The Bertz CT molecular complexity index is 1070. The summed E-state index contributed by atoms with van der Waals surface area (Å²) in [6.07, 6.45) is 0. The van der Waals surface area contributed by atoms with Crippen LogP contribution in [0.3, 0.4) is 0 Å². The maximum Gasteiger partial charge on any atom is 0.385 e. The number of carbonyl (C=O) groups is 3. The van der Waals surface area contributed by atoms with E-state index >= 15 is 0 Å². The molecule has 2 aromatic carbocycles. The van der Waals surface area contributed by atoms with Crippen molar-refractivity contribution in [3.63, 3.8) is 0 Å². The number of aryl methyl sites for hydroxylation is 1. The Labute approximate surface area is 159 Å². The van der Waals surface area contributed by atoms with E-state index in [1.165, 1.54) is 12.1 Å². The highest BCUT2D eigenvalue weighted by Crippen LogP contribution is 2.26. The SMILES string of the molecule is COc1ccc(-c2nc(C(=O)ON3C(=O)c4ccccc4C3=O)c(C)o2)cc1. The van der Waals surface area contributed by atoms with Crippen molar-refractivity contribution in [1.82, 2.24) is 10.0 Å². The van der Waals surface area contributed by atoms with Gasteiger partial charge in [0.1, 0.15) is 11.5 Å². The fraction of sp³-hybridized carbons (Fsp3) is 0.100. The smallest absolute Gasteiger partial charge is 0.385 e. The van der Waals surface area contributed by atoms with Gasteiger partial charge in [0.15, 0.2) is 5.69 Å². The number of imide groups is 1. The number of benzene rings is 2. The zero-order valence-electron chi connectivity index (χ0n) is 15.0. The highest BCUT2D eigenvalue weighted by Gasteiger charge is 2.39. The van der Waals surface area contributed by atoms with Crippen LogP contribution in [0, 0.1) is 6.92 Å². The van der Waals surface area contributed by atoms with Crippen molar-refractivity contribution in [2.75, 3.05) is 7.11 Å². The molecule has 0 fully saturated rings. The molecule has 0 N–H and O–H groups in total. The van der Waals surface area contributed by atoms with Gasteiger partial charge in [0.05, 0.1) is 18.2 Å². The number of hydroxylamine groups is 2. The quantitative estimate of drug-likeness (QED) is 0.644. The fourth-order valence-electron chi connectivity index (χ4n) is 2.82. The third kappa shape index (κ3) is 2.81. The Morgan fingerprint density at radius 3 is 2.18 bits per heavy atom. The molecule has 2 heterocycles. The van der Waals surface area contributed by atoms with Crippen LogP contribution in [0.4, 0.5) is 0 Å². The van der Waals surface area contributed by atoms with Gasteiger partial charge in [-0.3, -0.25) is 9.59 Å². The average Bonchev–Trinajstić information content (AvgIpc) is 3.22. The highest BCUT2D eigenvalue weighted by atomic mass is 16.7. The van der Waals surface area contributed by atoms with Crippen molar-refractivity contribution in [3.05, 3.63) is 71.1 Å². The largest absolute Gasteiger partial charge is 0.497 e. The van der Waals surface area contributed by atoms with Gasteiger partial charge in [0.25, 0.3) is 11.8 Å². The summed E-state index contributed by atoms with van der Waals surface area (Å²) in [6.45, 7) is 1.54. The van der Waals surface area contributed by atoms with E-state index in [0.717, 1.165) is 0 Å². The predicted molar refractivity (Wildman–Crippen MR) is 95.6 cm³/mol. The highest BCUT2D eigenvalue weighted by molar-refractivity contribution is 6.21. The lowest BCUT2D eigenvalue weighted by atomic mass is 10.1. The molecule has 0 saturated carbocycles. The summed E-state index contributed by atoms with van der Waals surface area (Å²) in [4.78, 5) is 46.3. The predicted octanol–water partition coefficient (Wildman–Crippen LogP) is 3.03. The van der Waals surface area contributed by atoms with Gasteiger partial charge in [-0.05, 0) is 43.3 Å². The first kappa shape index (κ1) is 17.5. The van der Waals surface area contributed by atoms with E-state index in [9.17, 15) is 14.4 Å². The van der Waals surface area contributed by atoms with Gasteiger partial charge in [-0.25, -0.2) is 9.78 Å². The monoisotopic (exact) mass is 378 g/mol. The van der Waals surface area contributed by atoms with E-state index in [0.29, 0.717) is 16.4 Å². The molecule has 140 valence electrons. The summed E-state index contributed by atoms with van der Waals surface area (Å²) in [5, 5.41) is 0.439. The van der Waals surface area contributed by atoms with E-state index in [1.807, 2.05) is 0 Å². The van der Waals surface area contributed by atoms with Crippen molar-refractivity contribution < 1.29 is 28.4 Å². The topological polar surface area (TPSA) is 98.9 Å². The second-order valence-corrected chi connectivity index (χ2v) is 5.98. The number of hydrogen-bond acceptors (Lipinski definition) is 7. The summed E-state index contributed by atoms with van der Waals surface area (Å²) in [7, 11) is 1.55. The number of carbonyl (C=O) groups excluding carboxylic acids is 3. The van der Waals surface area contributed by atoms with E-state index in [2.05, 4.69) is 4.98 Å². The van der Waals surface area contributed by atoms with Crippen molar-refractivity contribution >= 4 is 17.8 Å². The molecule has 0 aliphatic carbocycles. The number of methoxy groups -OCH3 is 1. The second-order valence-electron chi connectivity index (χ2n) is 5.98. The maximum atomic E-state index is 12.5. The van der Waals surface area contributed by atoms with Gasteiger partial charge in [-0.15, -0.1) is 0 Å². The number of ether oxygens (including phenoxy) is 1. The Hall–Kier alpha value is -3.94. The van der Waals surface area contributed by atoms with Gasteiger partial charge < -0.3 is 14.0 Å². The Balaban J connectivity index is 1.57. The molecule has 8 heteroatoms. The van der Waals surface area contributed by atoms with E-state index < -0.39 is 17.8 Å². The molecule has 0 radical (unpaired) electrons. The zero-order chi connectivity index (χ0) is 19.8. The normalized spacial score (nSPS) is 12.9. The molecular weight excluding hydrogens is 364 g/mol. The van der Waals surface area contributed by atoms with Crippen LogP contribution < -0.4 is 4.74 Å². The van der Waals surface area contributed by atoms with Crippen LogP contribution >= 0.6 is 0 Å². The molecule has 2 amide bonds. The Morgan fingerprint density at radius 2 is 1.61 bits per heavy atom. The minimum atomic E-state index is -0.962. The lowest BCUT2D eigenvalue weighted by Crippen LogP contribution is -2.33. The minimum absolute atomic E-state index is 0.123. The third-order valence-corrected chi connectivity index (χ3v) is 4.26. The van der Waals surface area contributed by atoms with E-state index in [1.54, 1.807) is 50.4 Å². The first-order chi connectivity index (χ1) is 13.5. The number of nitrogens with zero attached hydrogens (tertiary/aromatic N) is 2. The number of rotatable bonds is 4. The molecule has 0 unspecified atom stereocenters. The standard InChI is InChI=1S/C20H14N2O6/c1-11-16(21-17(27-11)12-7-9-13(26-2)10-8-12)20(25)28-22-18(23)14-5-3-4-6-15(14)19(22)24/h3-10H,1-2H3. The van der Waals surface area contributed by atoms with Crippen LogP contribution in [-0.4, -0.2) is 34.9 Å². The van der Waals surface area contributed by atoms with E-state index in [-0.39, 0.29) is 28.5 Å². The number of oxazole rings is 1. The second kappa shape index (κ2) is 6.66. The first-order valence-corrected chi connectivity index (χ1v) is 8.31. The molecule has 28 heavy (non-hydrogen) atoms. The van der Waals surface area contributed by atoms with Crippen LogP contribution in [-0.2, 0) is 4.84 Å². The minimum Gasteiger partial charge on any atom is -0.497 e.